The summed E-state index contributed by atoms with van der Waals surface area (Å²) in [5, 5.41) is 22.3. The molecule has 6 heteroatoms. The minimum atomic E-state index is -1.06. The zero-order valence-electron chi connectivity index (χ0n) is 13.8. The number of aliphatic carboxylic acids is 1. The molecule has 0 bridgehead atoms. The van der Waals surface area contributed by atoms with Crippen LogP contribution in [0.4, 0.5) is 0 Å². The minimum Gasteiger partial charge on any atom is -0.481 e. The second kappa shape index (κ2) is 5.84. The maximum atomic E-state index is 11.4. The minimum absolute atomic E-state index is 0.00268. The van der Waals surface area contributed by atoms with Crippen molar-refractivity contribution in [3.8, 4) is 16.8 Å². The normalized spacial score (nSPS) is 14.8. The Morgan fingerprint density at radius 3 is 1.92 bits per heavy atom. The summed E-state index contributed by atoms with van der Waals surface area (Å²) in [4.78, 5) is 22.3. The Labute approximate surface area is 149 Å². The van der Waals surface area contributed by atoms with Crippen LogP contribution in [0.25, 0.3) is 16.8 Å². The Kier molecular flexibility index (Phi) is 3.61. The number of benzene rings is 2. The standard InChI is InChI=1S/C20H16N2O4/c23-18(24)17-9-12-22(21-17)16-7-3-14(4-8-16)13-1-5-15(6-2-13)20(10-11-20)19(25)26/h1-9,12H,10-11H2,(H,23,24)(H,25,26). The van der Waals surface area contributed by atoms with Crippen LogP contribution < -0.4 is 0 Å². The fraction of sp³-hybridized carbons (Fsp3) is 0.150. The number of nitrogens with zero attached hydrogens (tertiary/aromatic N) is 2. The van der Waals surface area contributed by atoms with Gasteiger partial charge in [-0.25, -0.2) is 9.48 Å². The summed E-state index contributed by atoms with van der Waals surface area (Å²) in [6.45, 7) is 0. The molecule has 0 spiro atoms. The van der Waals surface area contributed by atoms with E-state index < -0.39 is 17.4 Å². The number of carbonyl (C=O) groups is 2. The van der Waals surface area contributed by atoms with Crippen LogP contribution in [0.1, 0.15) is 28.9 Å². The number of carboxylic acid groups (broad SMARTS) is 2. The molecule has 6 nitrogen and oxygen atoms in total. The second-order valence-corrected chi connectivity index (χ2v) is 6.46. The molecule has 0 unspecified atom stereocenters. The lowest BCUT2D eigenvalue weighted by molar-refractivity contribution is -0.140. The molecule has 4 rings (SSSR count). The third-order valence-corrected chi connectivity index (χ3v) is 4.87. The summed E-state index contributed by atoms with van der Waals surface area (Å²) in [5.74, 6) is -1.81. The molecule has 1 aliphatic carbocycles. The van der Waals surface area contributed by atoms with Crippen LogP contribution in [0.15, 0.2) is 60.8 Å². The number of hydrogen-bond donors (Lipinski definition) is 2. The van der Waals surface area contributed by atoms with Crippen LogP contribution in [-0.4, -0.2) is 31.9 Å². The molecule has 1 saturated carbocycles. The summed E-state index contributed by atoms with van der Waals surface area (Å²) in [6.07, 6.45) is 2.99. The van der Waals surface area contributed by atoms with Crippen LogP contribution in [0.5, 0.6) is 0 Å². The predicted molar refractivity (Wildman–Crippen MR) is 94.5 cm³/mol. The number of carboxylic acids is 2. The van der Waals surface area contributed by atoms with Gasteiger partial charge in [-0.3, -0.25) is 4.79 Å². The maximum Gasteiger partial charge on any atom is 0.356 e. The highest BCUT2D eigenvalue weighted by molar-refractivity contribution is 5.85. The van der Waals surface area contributed by atoms with Crippen LogP contribution in [-0.2, 0) is 10.2 Å². The first-order chi connectivity index (χ1) is 12.5. The molecule has 130 valence electrons. The summed E-state index contributed by atoms with van der Waals surface area (Å²) in [7, 11) is 0. The molecule has 1 aromatic heterocycles. The Hall–Kier alpha value is -3.41. The highest BCUT2D eigenvalue weighted by Crippen LogP contribution is 2.48. The molecule has 0 aliphatic heterocycles. The van der Waals surface area contributed by atoms with Crippen molar-refractivity contribution in [2.24, 2.45) is 0 Å². The molecule has 26 heavy (non-hydrogen) atoms. The first-order valence-electron chi connectivity index (χ1n) is 8.23. The quantitative estimate of drug-likeness (QED) is 0.737. The summed E-state index contributed by atoms with van der Waals surface area (Å²) >= 11 is 0. The topological polar surface area (TPSA) is 92.4 Å². The zero-order valence-corrected chi connectivity index (χ0v) is 13.8. The van der Waals surface area contributed by atoms with E-state index in [9.17, 15) is 14.7 Å². The van der Waals surface area contributed by atoms with Gasteiger partial charge in [0.25, 0.3) is 0 Å². The van der Waals surface area contributed by atoms with Crippen LogP contribution in [0, 0.1) is 0 Å². The van der Waals surface area contributed by atoms with E-state index in [4.69, 9.17) is 5.11 Å². The maximum absolute atomic E-state index is 11.4. The number of hydrogen-bond acceptors (Lipinski definition) is 3. The van der Waals surface area contributed by atoms with Gasteiger partial charge in [0, 0.05) is 6.20 Å². The van der Waals surface area contributed by atoms with E-state index in [1.807, 2.05) is 48.5 Å². The lowest BCUT2D eigenvalue weighted by Crippen LogP contribution is -2.19. The van der Waals surface area contributed by atoms with Crippen molar-refractivity contribution in [2.45, 2.75) is 18.3 Å². The Balaban J connectivity index is 1.57. The first kappa shape index (κ1) is 16.1. The molecule has 2 aromatic carbocycles. The molecular weight excluding hydrogens is 332 g/mol. The van der Waals surface area contributed by atoms with Gasteiger partial charge in [0.2, 0.25) is 0 Å². The molecule has 0 amide bonds. The lowest BCUT2D eigenvalue weighted by atomic mass is 9.94. The van der Waals surface area contributed by atoms with Crippen molar-refractivity contribution < 1.29 is 19.8 Å². The van der Waals surface area contributed by atoms with Crippen molar-refractivity contribution in [3.63, 3.8) is 0 Å². The number of rotatable bonds is 5. The third-order valence-electron chi connectivity index (χ3n) is 4.87. The SMILES string of the molecule is O=C(O)c1ccn(-c2ccc(-c3ccc(C4(C(=O)O)CC4)cc3)cc2)n1. The van der Waals surface area contributed by atoms with Gasteiger partial charge < -0.3 is 10.2 Å². The highest BCUT2D eigenvalue weighted by Gasteiger charge is 2.51. The van der Waals surface area contributed by atoms with Gasteiger partial charge in [0.15, 0.2) is 5.69 Å². The molecule has 1 heterocycles. The number of aromatic carboxylic acids is 1. The van der Waals surface area contributed by atoms with E-state index in [2.05, 4.69) is 5.10 Å². The van der Waals surface area contributed by atoms with Gasteiger partial charge >= 0.3 is 11.9 Å². The second-order valence-electron chi connectivity index (χ2n) is 6.46. The Bertz CT molecular complexity index is 983. The first-order valence-corrected chi connectivity index (χ1v) is 8.23. The van der Waals surface area contributed by atoms with Crippen molar-refractivity contribution >= 4 is 11.9 Å². The van der Waals surface area contributed by atoms with E-state index >= 15 is 0 Å². The van der Waals surface area contributed by atoms with E-state index in [1.54, 1.807) is 6.20 Å². The lowest BCUT2D eigenvalue weighted by Gasteiger charge is -2.11. The fourth-order valence-electron chi connectivity index (χ4n) is 3.12. The van der Waals surface area contributed by atoms with E-state index in [1.165, 1.54) is 10.7 Å². The third kappa shape index (κ3) is 2.65. The summed E-state index contributed by atoms with van der Waals surface area (Å²) in [5.41, 5.74) is 2.91. The largest absolute Gasteiger partial charge is 0.481 e. The van der Waals surface area contributed by atoms with Crippen LogP contribution in [0.2, 0.25) is 0 Å². The molecular formula is C20H16N2O4. The summed E-state index contributed by atoms with van der Waals surface area (Å²) in [6, 6.07) is 16.7. The van der Waals surface area contributed by atoms with Crippen molar-refractivity contribution in [1.29, 1.82) is 0 Å². The summed E-state index contributed by atoms with van der Waals surface area (Å²) < 4.78 is 1.51. The average molecular weight is 348 g/mol. The van der Waals surface area contributed by atoms with Crippen LogP contribution >= 0.6 is 0 Å². The van der Waals surface area contributed by atoms with E-state index in [0.29, 0.717) is 12.8 Å². The monoisotopic (exact) mass is 348 g/mol. The fourth-order valence-corrected chi connectivity index (χ4v) is 3.12. The molecule has 2 N–H and O–H groups in total. The Morgan fingerprint density at radius 2 is 1.46 bits per heavy atom. The van der Waals surface area contributed by atoms with Crippen molar-refractivity contribution in [3.05, 3.63) is 72.1 Å². The molecule has 1 aliphatic rings. The predicted octanol–water partition coefficient (Wildman–Crippen LogP) is 3.35. The molecule has 0 radical (unpaired) electrons. The van der Waals surface area contributed by atoms with Gasteiger partial charge in [-0.2, -0.15) is 5.10 Å². The smallest absolute Gasteiger partial charge is 0.356 e. The number of aromatic nitrogens is 2. The molecule has 0 saturated heterocycles. The average Bonchev–Trinajstić information content (AvgIpc) is 3.32. The molecule has 3 aromatic rings. The molecule has 1 fully saturated rings. The Morgan fingerprint density at radius 1 is 0.885 bits per heavy atom. The molecule has 0 atom stereocenters. The van der Waals surface area contributed by atoms with Gasteiger partial charge in [0.05, 0.1) is 11.1 Å². The van der Waals surface area contributed by atoms with E-state index in [0.717, 1.165) is 22.4 Å². The van der Waals surface area contributed by atoms with E-state index in [-0.39, 0.29) is 5.69 Å². The van der Waals surface area contributed by atoms with Gasteiger partial charge in [-0.15, -0.1) is 0 Å². The van der Waals surface area contributed by atoms with Gasteiger partial charge in [0.1, 0.15) is 0 Å². The highest BCUT2D eigenvalue weighted by atomic mass is 16.4. The van der Waals surface area contributed by atoms with Gasteiger partial charge in [-0.1, -0.05) is 36.4 Å². The van der Waals surface area contributed by atoms with Crippen molar-refractivity contribution in [2.75, 3.05) is 0 Å². The van der Waals surface area contributed by atoms with Gasteiger partial charge in [-0.05, 0) is 47.7 Å². The zero-order chi connectivity index (χ0) is 18.3. The van der Waals surface area contributed by atoms with Crippen molar-refractivity contribution in [1.82, 2.24) is 9.78 Å². The van der Waals surface area contributed by atoms with Crippen LogP contribution in [0.3, 0.4) is 0 Å².